The molecular weight excluding hydrogens is 400 g/mol. The van der Waals surface area contributed by atoms with Crippen LogP contribution in [0.3, 0.4) is 0 Å². The molecule has 0 aliphatic carbocycles. The number of thioether (sulfide) groups is 1. The molecule has 2 heterocycles. The highest BCUT2D eigenvalue weighted by Gasteiger charge is 2.70. The summed E-state index contributed by atoms with van der Waals surface area (Å²) < 4.78 is 4.93. The number of fused-ring (bicyclic) bond motifs is 1. The third kappa shape index (κ3) is 3.42. The predicted octanol–water partition coefficient (Wildman–Crippen LogP) is 2.76. The summed E-state index contributed by atoms with van der Waals surface area (Å²) in [5.74, 6) is -1.01. The van der Waals surface area contributed by atoms with Gasteiger partial charge in [-0.15, -0.1) is 11.8 Å². The van der Waals surface area contributed by atoms with E-state index in [9.17, 15) is 14.4 Å². The van der Waals surface area contributed by atoms with Gasteiger partial charge in [0.1, 0.15) is 23.6 Å². The number of carbonyl (C=O) groups is 3. The standard InChI is InChI=1S/C23H24N2O4S/c1-22(2)18(19(27)29-14-15-9-5-3-6-10-15)25-20(28)23(24,21(25)30-22)13-17(26)16-11-7-4-8-12-16/h3-12,18,21H,13-14,24H2,1-2H3/t18-,21+,23+/m0/s1. The van der Waals surface area contributed by atoms with Crippen LogP contribution in [0.4, 0.5) is 0 Å². The van der Waals surface area contributed by atoms with Crippen LogP contribution >= 0.6 is 11.8 Å². The molecule has 2 aliphatic rings. The molecule has 0 aromatic heterocycles. The van der Waals surface area contributed by atoms with Crippen molar-refractivity contribution in [1.29, 1.82) is 0 Å². The zero-order valence-electron chi connectivity index (χ0n) is 16.9. The maximum absolute atomic E-state index is 13.0. The first kappa shape index (κ1) is 20.6. The SMILES string of the molecule is CC1(C)S[C@H]2N(C(=O)[C@]2(N)CC(=O)c2ccccc2)[C@H]1C(=O)OCc1ccccc1. The minimum atomic E-state index is -1.32. The van der Waals surface area contributed by atoms with Gasteiger partial charge in [-0.25, -0.2) is 4.79 Å². The average molecular weight is 425 g/mol. The lowest BCUT2D eigenvalue weighted by atomic mass is 9.80. The molecule has 2 N–H and O–H groups in total. The van der Waals surface area contributed by atoms with Gasteiger partial charge in [-0.3, -0.25) is 9.59 Å². The molecule has 3 atom stereocenters. The van der Waals surface area contributed by atoms with Crippen LogP contribution in [0.5, 0.6) is 0 Å². The Kier molecular flexibility index (Phi) is 5.20. The summed E-state index contributed by atoms with van der Waals surface area (Å²) in [6.07, 6.45) is -0.0914. The summed E-state index contributed by atoms with van der Waals surface area (Å²) >= 11 is 1.45. The van der Waals surface area contributed by atoms with Gasteiger partial charge in [-0.2, -0.15) is 0 Å². The van der Waals surface area contributed by atoms with Crippen molar-refractivity contribution < 1.29 is 19.1 Å². The number of nitrogens with two attached hydrogens (primary N) is 1. The van der Waals surface area contributed by atoms with Crippen molar-refractivity contribution in [3.63, 3.8) is 0 Å². The second kappa shape index (κ2) is 7.56. The average Bonchev–Trinajstić information content (AvgIpc) is 3.02. The number of nitrogens with zero attached hydrogens (tertiary/aromatic N) is 1. The van der Waals surface area contributed by atoms with Crippen molar-refractivity contribution in [3.8, 4) is 0 Å². The van der Waals surface area contributed by atoms with Gasteiger partial charge in [0.2, 0.25) is 5.91 Å². The zero-order valence-corrected chi connectivity index (χ0v) is 17.7. The van der Waals surface area contributed by atoms with Crippen LogP contribution < -0.4 is 5.73 Å². The third-order valence-electron chi connectivity index (χ3n) is 5.67. The van der Waals surface area contributed by atoms with Crippen LogP contribution in [0.15, 0.2) is 60.7 Å². The number of Topliss-reactive ketones (excluding diaryl/α,β-unsaturated/α-hetero) is 1. The van der Waals surface area contributed by atoms with E-state index in [2.05, 4.69) is 0 Å². The van der Waals surface area contributed by atoms with Gasteiger partial charge in [0.15, 0.2) is 5.78 Å². The number of benzene rings is 2. The van der Waals surface area contributed by atoms with Gasteiger partial charge in [-0.05, 0) is 19.4 Å². The lowest BCUT2D eigenvalue weighted by Gasteiger charge is -2.50. The highest BCUT2D eigenvalue weighted by Crippen LogP contribution is 2.55. The van der Waals surface area contributed by atoms with Crippen LogP contribution in [-0.4, -0.2) is 44.3 Å². The molecule has 30 heavy (non-hydrogen) atoms. The minimum absolute atomic E-state index is 0.0914. The van der Waals surface area contributed by atoms with Crippen molar-refractivity contribution in [2.24, 2.45) is 5.73 Å². The van der Waals surface area contributed by atoms with E-state index in [4.69, 9.17) is 10.5 Å². The molecule has 4 rings (SSSR count). The Balaban J connectivity index is 1.48. The summed E-state index contributed by atoms with van der Waals surface area (Å²) in [6, 6.07) is 17.4. The number of ketones is 1. The van der Waals surface area contributed by atoms with Gasteiger partial charge in [0.25, 0.3) is 0 Å². The molecule has 2 aromatic rings. The molecule has 0 bridgehead atoms. The van der Waals surface area contributed by atoms with E-state index in [1.165, 1.54) is 16.7 Å². The van der Waals surface area contributed by atoms with Gasteiger partial charge < -0.3 is 15.4 Å². The van der Waals surface area contributed by atoms with E-state index in [0.717, 1.165) is 5.56 Å². The zero-order chi connectivity index (χ0) is 21.5. The second-order valence-electron chi connectivity index (χ2n) is 8.29. The van der Waals surface area contributed by atoms with Crippen molar-refractivity contribution in [2.75, 3.05) is 0 Å². The van der Waals surface area contributed by atoms with Gasteiger partial charge in [-0.1, -0.05) is 60.7 Å². The molecule has 1 amide bonds. The van der Waals surface area contributed by atoms with E-state index < -0.39 is 27.7 Å². The molecule has 2 aliphatic heterocycles. The smallest absolute Gasteiger partial charge is 0.330 e. The third-order valence-corrected chi connectivity index (χ3v) is 7.38. The molecule has 0 saturated carbocycles. The maximum atomic E-state index is 13.0. The van der Waals surface area contributed by atoms with Crippen LogP contribution in [-0.2, 0) is 20.9 Å². The Morgan fingerprint density at radius 3 is 2.30 bits per heavy atom. The van der Waals surface area contributed by atoms with E-state index in [1.807, 2.05) is 50.2 Å². The summed E-state index contributed by atoms with van der Waals surface area (Å²) in [5, 5.41) is -0.443. The molecule has 2 fully saturated rings. The number of β-lactam (4-membered cyclic amide) rings is 1. The van der Waals surface area contributed by atoms with E-state index in [-0.39, 0.29) is 24.7 Å². The predicted molar refractivity (Wildman–Crippen MR) is 115 cm³/mol. The van der Waals surface area contributed by atoms with Crippen molar-refractivity contribution in [3.05, 3.63) is 71.8 Å². The number of amides is 1. The fraction of sp³-hybridized carbons (Fsp3) is 0.348. The molecule has 6 nitrogen and oxygen atoms in total. The topological polar surface area (TPSA) is 89.7 Å². The van der Waals surface area contributed by atoms with Crippen molar-refractivity contribution >= 4 is 29.4 Å². The molecular formula is C23H24N2O4S. The molecule has 2 aromatic carbocycles. The first-order valence-corrected chi connectivity index (χ1v) is 10.7. The number of hydrogen-bond donors (Lipinski definition) is 1. The number of hydrogen-bond acceptors (Lipinski definition) is 6. The van der Waals surface area contributed by atoms with E-state index in [1.54, 1.807) is 24.3 Å². The monoisotopic (exact) mass is 424 g/mol. The van der Waals surface area contributed by atoms with Crippen LogP contribution in [0.2, 0.25) is 0 Å². The summed E-state index contributed by atoms with van der Waals surface area (Å²) in [7, 11) is 0. The lowest BCUT2D eigenvalue weighted by molar-refractivity contribution is -0.168. The second-order valence-corrected chi connectivity index (χ2v) is 10.0. The Morgan fingerprint density at radius 2 is 1.67 bits per heavy atom. The molecule has 156 valence electrons. The van der Waals surface area contributed by atoms with Gasteiger partial charge in [0.05, 0.1) is 0 Å². The number of esters is 1. The Hall–Kier alpha value is -2.64. The number of carbonyl (C=O) groups excluding carboxylic acids is 3. The summed E-state index contributed by atoms with van der Waals surface area (Å²) in [4.78, 5) is 40.1. The van der Waals surface area contributed by atoms with Crippen LogP contribution in [0.1, 0.15) is 36.2 Å². The molecule has 0 spiro atoms. The first-order chi connectivity index (χ1) is 14.2. The van der Waals surface area contributed by atoms with Crippen LogP contribution in [0, 0.1) is 0 Å². The van der Waals surface area contributed by atoms with Crippen LogP contribution in [0.25, 0.3) is 0 Å². The van der Waals surface area contributed by atoms with Gasteiger partial charge >= 0.3 is 5.97 Å². The Bertz CT molecular complexity index is 979. The Morgan fingerprint density at radius 1 is 1.07 bits per heavy atom. The maximum Gasteiger partial charge on any atom is 0.330 e. The summed E-state index contributed by atoms with van der Waals surface area (Å²) in [5.41, 5.74) is 6.52. The molecule has 2 saturated heterocycles. The number of ether oxygens (including phenoxy) is 1. The van der Waals surface area contributed by atoms with Crippen molar-refractivity contribution in [2.45, 2.75) is 48.6 Å². The fourth-order valence-electron chi connectivity index (χ4n) is 4.10. The van der Waals surface area contributed by atoms with Crippen molar-refractivity contribution in [1.82, 2.24) is 4.90 Å². The Labute approximate surface area is 179 Å². The first-order valence-electron chi connectivity index (χ1n) is 9.82. The molecule has 0 unspecified atom stereocenters. The fourth-order valence-corrected chi connectivity index (χ4v) is 5.74. The highest BCUT2D eigenvalue weighted by atomic mass is 32.2. The summed E-state index contributed by atoms with van der Waals surface area (Å²) in [6.45, 7) is 3.94. The minimum Gasteiger partial charge on any atom is -0.459 e. The largest absolute Gasteiger partial charge is 0.459 e. The highest BCUT2D eigenvalue weighted by molar-refractivity contribution is 8.01. The van der Waals surface area contributed by atoms with E-state index >= 15 is 0 Å². The normalized spacial score (nSPS) is 26.6. The van der Waals surface area contributed by atoms with Gasteiger partial charge in [0, 0.05) is 16.7 Å². The molecule has 0 radical (unpaired) electrons. The number of rotatable bonds is 6. The van der Waals surface area contributed by atoms with E-state index in [0.29, 0.717) is 5.56 Å². The quantitative estimate of drug-likeness (QED) is 0.436. The lowest BCUT2D eigenvalue weighted by Crippen LogP contribution is -2.78. The molecule has 7 heteroatoms.